The molecule has 1 rings (SSSR count). The third-order valence-corrected chi connectivity index (χ3v) is 5.01. The van der Waals surface area contributed by atoms with E-state index in [9.17, 15) is 0 Å². The first-order chi connectivity index (χ1) is 8.03. The van der Waals surface area contributed by atoms with E-state index in [0.717, 1.165) is 12.8 Å². The Labute approximate surface area is 110 Å². The van der Waals surface area contributed by atoms with E-state index in [0.29, 0.717) is 6.04 Å². The van der Waals surface area contributed by atoms with Crippen LogP contribution in [0, 0.1) is 6.92 Å². The molecule has 0 bridgehead atoms. The molecule has 1 atom stereocenters. The Morgan fingerprint density at radius 1 is 1.35 bits per heavy atom. The summed E-state index contributed by atoms with van der Waals surface area (Å²) >= 11 is 1.84. The number of nitrogens with one attached hydrogen (secondary N) is 1. The van der Waals surface area contributed by atoms with Gasteiger partial charge in [-0.1, -0.05) is 13.8 Å². The number of likely N-dealkylation sites (N-methyl/N-ethyl adjacent to an activating group) is 2. The zero-order chi connectivity index (χ0) is 13.1. The third-order valence-electron chi connectivity index (χ3n) is 4.15. The Morgan fingerprint density at radius 3 is 2.24 bits per heavy atom. The maximum absolute atomic E-state index is 3.53. The second kappa shape index (κ2) is 5.98. The highest BCUT2D eigenvalue weighted by Crippen LogP contribution is 2.38. The molecule has 1 heterocycles. The fourth-order valence-electron chi connectivity index (χ4n) is 2.96. The van der Waals surface area contributed by atoms with Gasteiger partial charge < -0.3 is 10.2 Å². The van der Waals surface area contributed by atoms with Crippen molar-refractivity contribution in [2.45, 2.75) is 45.2 Å². The summed E-state index contributed by atoms with van der Waals surface area (Å²) in [6, 6.07) is 2.67. The van der Waals surface area contributed by atoms with Crippen LogP contribution in [0.25, 0.3) is 0 Å². The Hall–Kier alpha value is -0.380. The van der Waals surface area contributed by atoms with Gasteiger partial charge >= 0.3 is 0 Å². The number of hydrogen-bond donors (Lipinski definition) is 1. The predicted octanol–water partition coefficient (Wildman–Crippen LogP) is 3.44. The Kier molecular flexibility index (Phi) is 5.17. The van der Waals surface area contributed by atoms with Crippen LogP contribution in [-0.4, -0.2) is 31.6 Å². The van der Waals surface area contributed by atoms with Gasteiger partial charge in [0.15, 0.2) is 0 Å². The molecule has 98 valence electrons. The molecule has 0 spiro atoms. The molecule has 0 amide bonds. The van der Waals surface area contributed by atoms with Gasteiger partial charge in [-0.15, -0.1) is 11.3 Å². The monoisotopic (exact) mass is 254 g/mol. The zero-order valence-corrected chi connectivity index (χ0v) is 12.8. The van der Waals surface area contributed by atoms with Crippen molar-refractivity contribution in [2.75, 3.05) is 21.1 Å². The highest BCUT2D eigenvalue weighted by atomic mass is 32.1. The topological polar surface area (TPSA) is 15.3 Å². The van der Waals surface area contributed by atoms with Crippen LogP contribution in [0.5, 0.6) is 0 Å². The third kappa shape index (κ3) is 2.56. The lowest BCUT2D eigenvalue weighted by atomic mass is 9.80. The van der Waals surface area contributed by atoms with Gasteiger partial charge in [0, 0.05) is 10.4 Å². The molecule has 2 nitrogen and oxygen atoms in total. The summed E-state index contributed by atoms with van der Waals surface area (Å²) in [5.41, 5.74) is 1.65. The first-order valence-corrected chi connectivity index (χ1v) is 7.30. The van der Waals surface area contributed by atoms with Crippen LogP contribution in [-0.2, 0) is 0 Å². The molecule has 0 aliphatic rings. The van der Waals surface area contributed by atoms with Crippen LogP contribution in [0.2, 0.25) is 0 Å². The van der Waals surface area contributed by atoms with Crippen LogP contribution in [0.15, 0.2) is 11.4 Å². The summed E-state index contributed by atoms with van der Waals surface area (Å²) < 4.78 is 0. The molecule has 17 heavy (non-hydrogen) atoms. The van der Waals surface area contributed by atoms with Gasteiger partial charge in [-0.2, -0.15) is 0 Å². The number of aryl methyl sites for hydroxylation is 1. The summed E-state index contributed by atoms with van der Waals surface area (Å²) in [4.78, 5) is 3.81. The molecule has 0 saturated heterocycles. The molecule has 1 unspecified atom stereocenters. The van der Waals surface area contributed by atoms with Crippen molar-refractivity contribution in [2.24, 2.45) is 0 Å². The van der Waals surface area contributed by atoms with E-state index in [1.807, 2.05) is 11.3 Å². The Morgan fingerprint density at radius 2 is 1.94 bits per heavy atom. The summed E-state index contributed by atoms with van der Waals surface area (Å²) in [5.74, 6) is 0. The maximum atomic E-state index is 3.53. The molecule has 0 saturated carbocycles. The van der Waals surface area contributed by atoms with Crippen molar-refractivity contribution in [3.05, 3.63) is 21.9 Å². The summed E-state index contributed by atoms with van der Waals surface area (Å²) in [6.07, 6.45) is 2.30. The van der Waals surface area contributed by atoms with Gasteiger partial charge in [-0.05, 0) is 57.9 Å². The van der Waals surface area contributed by atoms with Crippen LogP contribution in [0.3, 0.4) is 0 Å². The predicted molar refractivity (Wildman–Crippen MR) is 77.9 cm³/mol. The van der Waals surface area contributed by atoms with Gasteiger partial charge in [0.05, 0.1) is 6.04 Å². The van der Waals surface area contributed by atoms with Crippen molar-refractivity contribution < 1.29 is 0 Å². The van der Waals surface area contributed by atoms with Gasteiger partial charge in [-0.3, -0.25) is 0 Å². The van der Waals surface area contributed by atoms with Crippen LogP contribution >= 0.6 is 11.3 Å². The van der Waals surface area contributed by atoms with E-state index in [2.05, 4.69) is 63.6 Å². The molecule has 1 aromatic rings. The minimum Gasteiger partial charge on any atom is -0.311 e. The molecule has 0 aliphatic carbocycles. The molecule has 0 aromatic carbocycles. The molecule has 0 aliphatic heterocycles. The van der Waals surface area contributed by atoms with E-state index in [4.69, 9.17) is 0 Å². The van der Waals surface area contributed by atoms with Gasteiger partial charge in [-0.25, -0.2) is 0 Å². The molecule has 0 radical (unpaired) electrons. The first-order valence-electron chi connectivity index (χ1n) is 6.42. The lowest BCUT2D eigenvalue weighted by Crippen LogP contribution is -2.52. The van der Waals surface area contributed by atoms with Gasteiger partial charge in [0.1, 0.15) is 0 Å². The maximum Gasteiger partial charge on any atom is 0.0515 e. The van der Waals surface area contributed by atoms with E-state index < -0.39 is 0 Å². The van der Waals surface area contributed by atoms with Crippen molar-refractivity contribution >= 4 is 11.3 Å². The van der Waals surface area contributed by atoms with Gasteiger partial charge in [0.25, 0.3) is 0 Å². The van der Waals surface area contributed by atoms with Crippen LogP contribution in [0.4, 0.5) is 0 Å². The zero-order valence-electron chi connectivity index (χ0n) is 12.0. The quantitative estimate of drug-likeness (QED) is 0.836. The second-order valence-electron chi connectivity index (χ2n) is 4.86. The second-order valence-corrected chi connectivity index (χ2v) is 5.98. The molecular weight excluding hydrogens is 228 g/mol. The Balaban J connectivity index is 3.19. The SMILES string of the molecule is CCC(CC)(C(NC)c1ccsc1C)N(C)C. The molecule has 1 aromatic heterocycles. The van der Waals surface area contributed by atoms with E-state index in [1.54, 1.807) is 0 Å². The smallest absolute Gasteiger partial charge is 0.0515 e. The van der Waals surface area contributed by atoms with Crippen molar-refractivity contribution in [1.29, 1.82) is 0 Å². The lowest BCUT2D eigenvalue weighted by molar-refractivity contribution is 0.0917. The van der Waals surface area contributed by atoms with E-state index in [1.165, 1.54) is 10.4 Å². The minimum absolute atomic E-state index is 0.195. The molecule has 0 fully saturated rings. The van der Waals surface area contributed by atoms with Crippen LogP contribution in [0.1, 0.15) is 43.2 Å². The average Bonchev–Trinajstić information content (AvgIpc) is 2.72. The highest BCUT2D eigenvalue weighted by molar-refractivity contribution is 7.10. The van der Waals surface area contributed by atoms with Crippen molar-refractivity contribution in [1.82, 2.24) is 10.2 Å². The van der Waals surface area contributed by atoms with Gasteiger partial charge in [0.2, 0.25) is 0 Å². The summed E-state index contributed by atoms with van der Waals surface area (Å²) in [5, 5.41) is 5.73. The number of thiophene rings is 1. The fraction of sp³-hybridized carbons (Fsp3) is 0.714. The normalized spacial score (nSPS) is 14.3. The summed E-state index contributed by atoms with van der Waals surface area (Å²) in [6.45, 7) is 6.79. The van der Waals surface area contributed by atoms with E-state index in [-0.39, 0.29) is 5.54 Å². The molecule has 1 N–H and O–H groups in total. The van der Waals surface area contributed by atoms with Crippen LogP contribution < -0.4 is 5.32 Å². The lowest BCUT2D eigenvalue weighted by Gasteiger charge is -2.45. The Bertz CT molecular complexity index is 340. The molecule has 3 heteroatoms. The standard InChI is InChI=1S/C14H26N2S/c1-7-14(8-2,16(5)6)13(15-4)12-9-10-17-11(12)3/h9-10,13,15H,7-8H2,1-6H3. The highest BCUT2D eigenvalue weighted by Gasteiger charge is 2.38. The minimum atomic E-state index is 0.195. The van der Waals surface area contributed by atoms with Crippen molar-refractivity contribution in [3.8, 4) is 0 Å². The van der Waals surface area contributed by atoms with Crippen molar-refractivity contribution in [3.63, 3.8) is 0 Å². The average molecular weight is 254 g/mol. The number of hydrogen-bond acceptors (Lipinski definition) is 3. The van der Waals surface area contributed by atoms with E-state index >= 15 is 0 Å². The largest absolute Gasteiger partial charge is 0.311 e. The summed E-state index contributed by atoms with van der Waals surface area (Å²) in [7, 11) is 6.46. The first kappa shape index (κ1) is 14.7. The molecular formula is C14H26N2S. The fourth-order valence-corrected chi connectivity index (χ4v) is 3.70. The number of nitrogens with zero attached hydrogens (tertiary/aromatic N) is 1. The number of rotatable bonds is 6.